The van der Waals surface area contributed by atoms with Gasteiger partial charge in [0.1, 0.15) is 11.6 Å². The van der Waals surface area contributed by atoms with Crippen molar-refractivity contribution >= 4 is 11.8 Å². The number of nitrogen functional groups attached to an aromatic ring is 1. The Morgan fingerprint density at radius 1 is 1.21 bits per heavy atom. The molecule has 0 bridgehead atoms. The molecular formula is C12H16N6O. The Kier molecular flexibility index (Phi) is 3.74. The standard InChI is InChI=1S/C12H16N6O/c1-7-5-8(2)16-12(15-7)14-4-3-10-17-9(13)6-11(19)18-10/h5-6H,3-4H2,1-2H3,(H,14,15,16)(H3,13,17,18,19). The molecule has 0 aliphatic carbocycles. The lowest BCUT2D eigenvalue weighted by molar-refractivity contribution is 0.872. The number of anilines is 2. The van der Waals surface area contributed by atoms with Crippen LogP contribution in [0.1, 0.15) is 17.2 Å². The summed E-state index contributed by atoms with van der Waals surface area (Å²) in [6.07, 6.45) is 0.538. The summed E-state index contributed by atoms with van der Waals surface area (Å²) in [7, 11) is 0. The summed E-state index contributed by atoms with van der Waals surface area (Å²) in [6.45, 7) is 4.39. The monoisotopic (exact) mass is 260 g/mol. The fraction of sp³-hybridized carbons (Fsp3) is 0.333. The van der Waals surface area contributed by atoms with Gasteiger partial charge in [0.05, 0.1) is 0 Å². The molecule has 0 saturated heterocycles. The zero-order valence-corrected chi connectivity index (χ0v) is 10.9. The molecule has 2 rings (SSSR count). The maximum atomic E-state index is 11.2. The second kappa shape index (κ2) is 5.47. The topological polar surface area (TPSA) is 110 Å². The summed E-state index contributed by atoms with van der Waals surface area (Å²) in [5, 5.41) is 3.09. The zero-order chi connectivity index (χ0) is 13.8. The summed E-state index contributed by atoms with van der Waals surface area (Å²) in [6, 6.07) is 3.16. The average Bonchev–Trinajstić information content (AvgIpc) is 2.26. The molecule has 7 heteroatoms. The third-order valence-corrected chi connectivity index (χ3v) is 2.44. The molecule has 100 valence electrons. The van der Waals surface area contributed by atoms with E-state index in [0.29, 0.717) is 24.7 Å². The van der Waals surface area contributed by atoms with Gasteiger partial charge in [0.15, 0.2) is 0 Å². The predicted octanol–water partition coefficient (Wildman–Crippen LogP) is 0.414. The SMILES string of the molecule is Cc1cc(C)nc(NCCc2nc(N)cc(=O)[nH]2)n1. The van der Waals surface area contributed by atoms with Crippen LogP contribution in [0.5, 0.6) is 0 Å². The molecule has 19 heavy (non-hydrogen) atoms. The quantitative estimate of drug-likeness (QED) is 0.734. The van der Waals surface area contributed by atoms with Gasteiger partial charge in [0, 0.05) is 30.4 Å². The van der Waals surface area contributed by atoms with Crippen LogP contribution in [0.15, 0.2) is 16.9 Å². The van der Waals surface area contributed by atoms with Crippen molar-refractivity contribution in [3.05, 3.63) is 39.7 Å². The number of hydrogen-bond donors (Lipinski definition) is 3. The number of nitrogens with two attached hydrogens (primary N) is 1. The molecule has 0 aliphatic heterocycles. The van der Waals surface area contributed by atoms with Gasteiger partial charge in [-0.2, -0.15) is 0 Å². The first-order valence-electron chi connectivity index (χ1n) is 5.95. The lowest BCUT2D eigenvalue weighted by Crippen LogP contribution is -2.16. The molecule has 4 N–H and O–H groups in total. The molecule has 7 nitrogen and oxygen atoms in total. The van der Waals surface area contributed by atoms with Gasteiger partial charge in [-0.05, 0) is 19.9 Å². The number of nitrogens with one attached hydrogen (secondary N) is 2. The molecule has 0 spiro atoms. The van der Waals surface area contributed by atoms with E-state index >= 15 is 0 Å². The Morgan fingerprint density at radius 3 is 2.53 bits per heavy atom. The summed E-state index contributed by atoms with van der Waals surface area (Å²) in [4.78, 5) is 26.4. The van der Waals surface area contributed by atoms with Crippen LogP contribution >= 0.6 is 0 Å². The molecule has 0 aliphatic rings. The van der Waals surface area contributed by atoms with Crippen molar-refractivity contribution in [1.29, 1.82) is 0 Å². The third kappa shape index (κ3) is 3.77. The van der Waals surface area contributed by atoms with Crippen molar-refractivity contribution in [3.8, 4) is 0 Å². The lowest BCUT2D eigenvalue weighted by atomic mass is 10.3. The van der Waals surface area contributed by atoms with Crippen molar-refractivity contribution in [2.45, 2.75) is 20.3 Å². The van der Waals surface area contributed by atoms with Gasteiger partial charge < -0.3 is 16.0 Å². The summed E-state index contributed by atoms with van der Waals surface area (Å²) in [5.74, 6) is 1.34. The highest BCUT2D eigenvalue weighted by Gasteiger charge is 2.01. The van der Waals surface area contributed by atoms with Crippen molar-refractivity contribution in [2.24, 2.45) is 0 Å². The molecule has 0 unspecified atom stereocenters. The molecule has 0 aromatic carbocycles. The van der Waals surface area contributed by atoms with Crippen LogP contribution < -0.4 is 16.6 Å². The Hall–Kier alpha value is -2.44. The molecule has 2 aromatic rings. The third-order valence-electron chi connectivity index (χ3n) is 2.44. The van der Waals surface area contributed by atoms with Gasteiger partial charge in [0.2, 0.25) is 5.95 Å². The minimum absolute atomic E-state index is 0.224. The van der Waals surface area contributed by atoms with E-state index in [-0.39, 0.29) is 11.4 Å². The van der Waals surface area contributed by atoms with Crippen LogP contribution in [0.3, 0.4) is 0 Å². The summed E-state index contributed by atoms with van der Waals surface area (Å²) in [5.41, 5.74) is 7.08. The van der Waals surface area contributed by atoms with Crippen LogP contribution in [-0.2, 0) is 6.42 Å². The largest absolute Gasteiger partial charge is 0.383 e. The Morgan fingerprint density at radius 2 is 1.89 bits per heavy atom. The number of H-pyrrole nitrogens is 1. The van der Waals surface area contributed by atoms with E-state index in [1.165, 1.54) is 6.07 Å². The minimum atomic E-state index is -0.245. The van der Waals surface area contributed by atoms with E-state index in [0.717, 1.165) is 11.4 Å². The Labute approximate surface area is 110 Å². The van der Waals surface area contributed by atoms with Crippen molar-refractivity contribution < 1.29 is 0 Å². The van der Waals surface area contributed by atoms with E-state index in [1.807, 2.05) is 19.9 Å². The van der Waals surface area contributed by atoms with Gasteiger partial charge in [-0.3, -0.25) is 4.79 Å². The average molecular weight is 260 g/mol. The van der Waals surface area contributed by atoms with Crippen LogP contribution in [0.2, 0.25) is 0 Å². The van der Waals surface area contributed by atoms with Crippen LogP contribution in [0.4, 0.5) is 11.8 Å². The highest BCUT2D eigenvalue weighted by molar-refractivity contribution is 5.28. The second-order valence-corrected chi connectivity index (χ2v) is 4.27. The molecule has 0 amide bonds. The van der Waals surface area contributed by atoms with Gasteiger partial charge in [0.25, 0.3) is 5.56 Å². The highest BCUT2D eigenvalue weighted by atomic mass is 16.1. The number of aromatic amines is 1. The van der Waals surface area contributed by atoms with Crippen molar-refractivity contribution in [3.63, 3.8) is 0 Å². The Balaban J connectivity index is 1.98. The van der Waals surface area contributed by atoms with E-state index in [9.17, 15) is 4.79 Å². The van der Waals surface area contributed by atoms with Crippen LogP contribution in [0.25, 0.3) is 0 Å². The molecule has 0 atom stereocenters. The van der Waals surface area contributed by atoms with Gasteiger partial charge in [-0.25, -0.2) is 15.0 Å². The number of rotatable bonds is 4. The lowest BCUT2D eigenvalue weighted by Gasteiger charge is -2.06. The number of hydrogen-bond acceptors (Lipinski definition) is 6. The maximum Gasteiger partial charge on any atom is 0.252 e. The molecule has 2 aromatic heterocycles. The van der Waals surface area contributed by atoms with E-state index in [2.05, 4.69) is 25.3 Å². The van der Waals surface area contributed by atoms with Gasteiger partial charge in [-0.1, -0.05) is 0 Å². The number of aryl methyl sites for hydroxylation is 2. The molecule has 2 heterocycles. The number of nitrogens with zero attached hydrogens (tertiary/aromatic N) is 3. The zero-order valence-electron chi connectivity index (χ0n) is 10.9. The first kappa shape index (κ1) is 13.0. The van der Waals surface area contributed by atoms with E-state index in [4.69, 9.17) is 5.73 Å². The number of aromatic nitrogens is 4. The van der Waals surface area contributed by atoms with E-state index < -0.39 is 0 Å². The van der Waals surface area contributed by atoms with Crippen LogP contribution in [-0.4, -0.2) is 26.5 Å². The molecule has 0 saturated carbocycles. The summed E-state index contributed by atoms with van der Waals surface area (Å²) >= 11 is 0. The molecular weight excluding hydrogens is 244 g/mol. The van der Waals surface area contributed by atoms with Gasteiger partial charge >= 0.3 is 0 Å². The van der Waals surface area contributed by atoms with Crippen LogP contribution in [0, 0.1) is 13.8 Å². The van der Waals surface area contributed by atoms with E-state index in [1.54, 1.807) is 0 Å². The minimum Gasteiger partial charge on any atom is -0.383 e. The smallest absolute Gasteiger partial charge is 0.252 e. The summed E-state index contributed by atoms with van der Waals surface area (Å²) < 4.78 is 0. The second-order valence-electron chi connectivity index (χ2n) is 4.27. The van der Waals surface area contributed by atoms with Crippen molar-refractivity contribution in [1.82, 2.24) is 19.9 Å². The first-order chi connectivity index (χ1) is 9.02. The Bertz CT molecular complexity index is 616. The van der Waals surface area contributed by atoms with Gasteiger partial charge in [-0.15, -0.1) is 0 Å². The molecule has 0 fully saturated rings. The normalized spacial score (nSPS) is 10.4. The predicted molar refractivity (Wildman–Crippen MR) is 73.0 cm³/mol. The fourth-order valence-electron chi connectivity index (χ4n) is 1.74. The fourth-order valence-corrected chi connectivity index (χ4v) is 1.74. The first-order valence-corrected chi connectivity index (χ1v) is 5.95. The molecule has 0 radical (unpaired) electrons. The van der Waals surface area contributed by atoms with Crippen molar-refractivity contribution in [2.75, 3.05) is 17.6 Å². The highest BCUT2D eigenvalue weighted by Crippen LogP contribution is 2.03. The maximum absolute atomic E-state index is 11.2.